The summed E-state index contributed by atoms with van der Waals surface area (Å²) < 4.78 is 10.4. The second kappa shape index (κ2) is 7.07. The Morgan fingerprint density at radius 3 is 2.40 bits per heavy atom. The minimum atomic E-state index is 0.667. The highest BCUT2D eigenvalue weighted by atomic mass is 16.5. The van der Waals surface area contributed by atoms with Crippen LogP contribution in [0.1, 0.15) is 0 Å². The van der Waals surface area contributed by atoms with Gasteiger partial charge in [-0.25, -0.2) is 0 Å². The highest BCUT2D eigenvalue weighted by Gasteiger charge is 2.11. The Hall–Kier alpha value is -1.85. The molecule has 0 atom stereocenters. The van der Waals surface area contributed by atoms with E-state index >= 15 is 0 Å². The van der Waals surface area contributed by atoms with Crippen molar-refractivity contribution in [1.82, 2.24) is 4.98 Å². The van der Waals surface area contributed by atoms with Gasteiger partial charge < -0.3 is 20.1 Å². The number of hydrogen-bond donors (Lipinski definition) is 1. The van der Waals surface area contributed by atoms with E-state index in [0.717, 1.165) is 35.2 Å². The number of ether oxygens (including phenoxy) is 2. The van der Waals surface area contributed by atoms with Crippen molar-refractivity contribution in [1.29, 1.82) is 0 Å². The van der Waals surface area contributed by atoms with Crippen LogP contribution in [0.4, 0.5) is 11.4 Å². The molecule has 0 unspecified atom stereocenters. The fraction of sp³-hybridized carbons (Fsp3) is 0.400. The summed E-state index contributed by atoms with van der Waals surface area (Å²) in [7, 11) is 3.42. The predicted molar refractivity (Wildman–Crippen MR) is 82.1 cm³/mol. The van der Waals surface area contributed by atoms with Gasteiger partial charge in [0.1, 0.15) is 0 Å². The summed E-state index contributed by atoms with van der Waals surface area (Å²) in [6.45, 7) is 2.95. The summed E-state index contributed by atoms with van der Waals surface area (Å²) in [4.78, 5) is 6.40. The van der Waals surface area contributed by atoms with Crippen molar-refractivity contribution in [3.05, 3.63) is 30.6 Å². The first kappa shape index (κ1) is 14.6. The van der Waals surface area contributed by atoms with Crippen LogP contribution in [-0.2, 0) is 9.47 Å². The van der Waals surface area contributed by atoms with Crippen LogP contribution in [0.2, 0.25) is 0 Å². The number of nitrogen functional groups attached to an aromatic ring is 1. The molecule has 2 N–H and O–H groups in total. The molecule has 0 saturated heterocycles. The lowest BCUT2D eigenvalue weighted by Gasteiger charge is -2.26. The van der Waals surface area contributed by atoms with E-state index < -0.39 is 0 Å². The number of pyridine rings is 1. The Kier molecular flexibility index (Phi) is 5.15. The van der Waals surface area contributed by atoms with Gasteiger partial charge in [-0.2, -0.15) is 0 Å². The van der Waals surface area contributed by atoms with Crippen molar-refractivity contribution in [3.8, 4) is 0 Å². The van der Waals surface area contributed by atoms with Gasteiger partial charge in [-0.15, -0.1) is 0 Å². The third kappa shape index (κ3) is 3.18. The third-order valence-corrected chi connectivity index (χ3v) is 3.30. The lowest BCUT2D eigenvalue weighted by Crippen LogP contribution is -2.30. The number of hydrogen-bond acceptors (Lipinski definition) is 5. The number of aromatic nitrogens is 1. The molecular weight excluding hydrogens is 254 g/mol. The van der Waals surface area contributed by atoms with E-state index in [9.17, 15) is 0 Å². The Morgan fingerprint density at radius 1 is 1.05 bits per heavy atom. The first-order valence-electron chi connectivity index (χ1n) is 6.63. The van der Waals surface area contributed by atoms with Crippen LogP contribution in [0.3, 0.4) is 0 Å². The SMILES string of the molecule is COCCN(CCOC)c1ccc(N)c2cnccc12. The van der Waals surface area contributed by atoms with E-state index in [2.05, 4.69) is 9.88 Å². The van der Waals surface area contributed by atoms with E-state index in [4.69, 9.17) is 15.2 Å². The summed E-state index contributed by atoms with van der Waals surface area (Å²) in [5.41, 5.74) is 7.89. The first-order valence-corrected chi connectivity index (χ1v) is 6.63. The molecular formula is C15H21N3O2. The average Bonchev–Trinajstić information content (AvgIpc) is 2.49. The molecule has 0 amide bonds. The molecule has 5 heteroatoms. The molecule has 0 aliphatic heterocycles. The van der Waals surface area contributed by atoms with Crippen LogP contribution >= 0.6 is 0 Å². The minimum Gasteiger partial charge on any atom is -0.398 e. The zero-order valence-electron chi connectivity index (χ0n) is 12.0. The van der Waals surface area contributed by atoms with E-state index in [0.29, 0.717) is 13.2 Å². The summed E-state index contributed by atoms with van der Waals surface area (Å²) in [6.07, 6.45) is 3.59. The van der Waals surface area contributed by atoms with Crippen molar-refractivity contribution in [3.63, 3.8) is 0 Å². The summed E-state index contributed by atoms with van der Waals surface area (Å²) >= 11 is 0. The Balaban J connectivity index is 2.38. The summed E-state index contributed by atoms with van der Waals surface area (Å²) in [5, 5.41) is 2.08. The molecule has 20 heavy (non-hydrogen) atoms. The fourth-order valence-electron chi connectivity index (χ4n) is 2.23. The number of anilines is 2. The maximum absolute atomic E-state index is 6.02. The van der Waals surface area contributed by atoms with Crippen LogP contribution < -0.4 is 10.6 Å². The van der Waals surface area contributed by atoms with Gasteiger partial charge in [0.05, 0.1) is 13.2 Å². The van der Waals surface area contributed by atoms with Gasteiger partial charge >= 0.3 is 0 Å². The number of nitrogens with two attached hydrogens (primary N) is 1. The maximum Gasteiger partial charge on any atom is 0.0637 e. The predicted octanol–water partition coefficient (Wildman–Crippen LogP) is 1.92. The van der Waals surface area contributed by atoms with Crippen LogP contribution in [0.15, 0.2) is 30.6 Å². The molecule has 0 fully saturated rings. The lowest BCUT2D eigenvalue weighted by atomic mass is 10.1. The number of nitrogens with zero attached hydrogens (tertiary/aromatic N) is 2. The molecule has 0 radical (unpaired) electrons. The highest BCUT2D eigenvalue weighted by Crippen LogP contribution is 2.30. The molecule has 2 rings (SSSR count). The van der Waals surface area contributed by atoms with Crippen LogP contribution in [0, 0.1) is 0 Å². The van der Waals surface area contributed by atoms with Crippen LogP contribution in [-0.4, -0.2) is 45.5 Å². The van der Waals surface area contributed by atoms with Gasteiger partial charge in [-0.05, 0) is 18.2 Å². The molecule has 0 spiro atoms. The van der Waals surface area contributed by atoms with E-state index in [1.807, 2.05) is 18.2 Å². The van der Waals surface area contributed by atoms with Gasteiger partial charge in [0, 0.05) is 61.9 Å². The topological polar surface area (TPSA) is 60.6 Å². The normalized spacial score (nSPS) is 10.9. The summed E-state index contributed by atoms with van der Waals surface area (Å²) in [6, 6.07) is 5.96. The van der Waals surface area contributed by atoms with Crippen molar-refractivity contribution >= 4 is 22.1 Å². The zero-order valence-corrected chi connectivity index (χ0v) is 12.0. The molecule has 108 valence electrons. The van der Waals surface area contributed by atoms with E-state index in [1.165, 1.54) is 0 Å². The van der Waals surface area contributed by atoms with Crippen molar-refractivity contribution < 1.29 is 9.47 Å². The first-order chi connectivity index (χ1) is 9.77. The fourth-order valence-corrected chi connectivity index (χ4v) is 2.23. The molecule has 0 aliphatic carbocycles. The lowest BCUT2D eigenvalue weighted by molar-refractivity contribution is 0.190. The number of benzene rings is 1. The highest BCUT2D eigenvalue weighted by molar-refractivity contribution is 6.00. The molecule has 0 bridgehead atoms. The van der Waals surface area contributed by atoms with Gasteiger partial charge in [0.25, 0.3) is 0 Å². The van der Waals surface area contributed by atoms with E-state index in [1.54, 1.807) is 26.6 Å². The Bertz CT molecular complexity index is 552. The quantitative estimate of drug-likeness (QED) is 0.782. The standard InChI is InChI=1S/C15H21N3O2/c1-19-9-7-18(8-10-20-2)15-4-3-14(16)13-11-17-6-5-12(13)15/h3-6,11H,7-10,16H2,1-2H3. The number of fused-ring (bicyclic) bond motifs is 1. The smallest absolute Gasteiger partial charge is 0.0637 e. The molecule has 5 nitrogen and oxygen atoms in total. The van der Waals surface area contributed by atoms with Crippen molar-refractivity contribution in [2.45, 2.75) is 0 Å². The van der Waals surface area contributed by atoms with Crippen molar-refractivity contribution in [2.24, 2.45) is 0 Å². The Labute approximate surface area is 119 Å². The average molecular weight is 275 g/mol. The largest absolute Gasteiger partial charge is 0.398 e. The second-order valence-corrected chi connectivity index (χ2v) is 4.57. The van der Waals surface area contributed by atoms with E-state index in [-0.39, 0.29) is 0 Å². The Morgan fingerprint density at radius 2 is 1.75 bits per heavy atom. The summed E-state index contributed by atoms with van der Waals surface area (Å²) in [5.74, 6) is 0. The minimum absolute atomic E-state index is 0.667. The number of methoxy groups -OCH3 is 2. The molecule has 1 aromatic heterocycles. The number of rotatable bonds is 7. The molecule has 0 saturated carbocycles. The van der Waals surface area contributed by atoms with Crippen LogP contribution in [0.5, 0.6) is 0 Å². The van der Waals surface area contributed by atoms with Crippen molar-refractivity contribution in [2.75, 3.05) is 51.2 Å². The van der Waals surface area contributed by atoms with Gasteiger partial charge in [-0.3, -0.25) is 4.98 Å². The maximum atomic E-state index is 6.02. The zero-order chi connectivity index (χ0) is 14.4. The molecule has 1 heterocycles. The molecule has 2 aromatic rings. The van der Waals surface area contributed by atoms with Gasteiger partial charge in [0.15, 0.2) is 0 Å². The van der Waals surface area contributed by atoms with Gasteiger partial charge in [-0.1, -0.05) is 0 Å². The third-order valence-electron chi connectivity index (χ3n) is 3.30. The molecule has 0 aliphatic rings. The monoisotopic (exact) mass is 275 g/mol. The second-order valence-electron chi connectivity index (χ2n) is 4.57. The molecule has 1 aromatic carbocycles. The van der Waals surface area contributed by atoms with Gasteiger partial charge in [0.2, 0.25) is 0 Å². The van der Waals surface area contributed by atoms with Crippen LogP contribution in [0.25, 0.3) is 10.8 Å².